The van der Waals surface area contributed by atoms with Gasteiger partial charge in [0.15, 0.2) is 0 Å². The molecule has 350 valence electrons. The normalized spacial score (nSPS) is 10.1. The molecule has 10 nitrogen and oxygen atoms in total. The van der Waals surface area contributed by atoms with Gasteiger partial charge in [-0.05, 0) is 112 Å². The van der Waals surface area contributed by atoms with Crippen LogP contribution in [0.25, 0.3) is 11.1 Å². The SMILES string of the molecule is C.C.C.C.COC(=O)c1cccc(COc2ccc(I)cc2)c1.O=C(O)c1cccc(COc2ccc(-c3ccccc3OC(F)(F)F)cc2)c1.OB(O)c1ccccc1OC(F)(F)F. The van der Waals surface area contributed by atoms with Gasteiger partial charge >= 0.3 is 31.8 Å². The summed E-state index contributed by atoms with van der Waals surface area (Å²) in [5.41, 5.74) is 2.84. The van der Waals surface area contributed by atoms with E-state index in [2.05, 4.69) is 36.8 Å². The van der Waals surface area contributed by atoms with Gasteiger partial charge in [0.25, 0.3) is 0 Å². The third kappa shape index (κ3) is 20.4. The summed E-state index contributed by atoms with van der Waals surface area (Å²) in [5.74, 6) is -0.950. The lowest BCUT2D eigenvalue weighted by atomic mass is 9.80. The van der Waals surface area contributed by atoms with Crippen LogP contribution in [0, 0.1) is 3.57 Å². The highest BCUT2D eigenvalue weighted by molar-refractivity contribution is 14.1. The topological polar surface area (TPSA) is 141 Å². The van der Waals surface area contributed by atoms with Crippen LogP contribution in [0.5, 0.6) is 23.0 Å². The highest BCUT2D eigenvalue weighted by atomic mass is 127. The van der Waals surface area contributed by atoms with Crippen molar-refractivity contribution in [2.24, 2.45) is 0 Å². The fraction of sp³-hybridized carbons (Fsp3) is 0.191. The van der Waals surface area contributed by atoms with E-state index in [4.69, 9.17) is 24.6 Å². The number of hydrogen-bond acceptors (Lipinski definition) is 9. The largest absolute Gasteiger partial charge is 0.573 e. The van der Waals surface area contributed by atoms with Gasteiger partial charge in [0.1, 0.15) is 36.2 Å². The quantitative estimate of drug-likeness (QED) is 0.0469. The van der Waals surface area contributed by atoms with Crippen LogP contribution in [0.3, 0.4) is 0 Å². The Bertz CT molecular complexity index is 2340. The van der Waals surface area contributed by atoms with Gasteiger partial charge in [0, 0.05) is 14.6 Å². The second kappa shape index (κ2) is 27.8. The van der Waals surface area contributed by atoms with Crippen LogP contribution in [0.15, 0.2) is 146 Å². The summed E-state index contributed by atoms with van der Waals surface area (Å²) in [5, 5.41) is 26.4. The number of halogens is 7. The number of benzene rings is 6. The molecule has 0 radical (unpaired) electrons. The van der Waals surface area contributed by atoms with E-state index < -0.39 is 31.6 Å². The van der Waals surface area contributed by atoms with Crippen LogP contribution < -0.4 is 24.4 Å². The lowest BCUT2D eigenvalue weighted by molar-refractivity contribution is -0.275. The number of carboxylic acids is 1. The van der Waals surface area contributed by atoms with Crippen molar-refractivity contribution in [2.75, 3.05) is 7.11 Å². The predicted octanol–water partition coefficient (Wildman–Crippen LogP) is 12.0. The molecule has 18 heteroatoms. The Balaban J connectivity index is 0.000000973. The summed E-state index contributed by atoms with van der Waals surface area (Å²) in [6.45, 7) is 0.583. The van der Waals surface area contributed by atoms with Gasteiger partial charge < -0.3 is 38.8 Å². The van der Waals surface area contributed by atoms with E-state index >= 15 is 0 Å². The number of alkyl halides is 6. The van der Waals surface area contributed by atoms with Crippen molar-refractivity contribution in [3.05, 3.63) is 171 Å². The lowest BCUT2D eigenvalue weighted by Crippen LogP contribution is -2.33. The zero-order valence-electron chi connectivity index (χ0n) is 31.7. The van der Waals surface area contributed by atoms with Crippen molar-refractivity contribution in [1.29, 1.82) is 0 Å². The molecule has 0 atom stereocenters. The fourth-order valence-electron chi connectivity index (χ4n) is 5.13. The number of methoxy groups -OCH3 is 1. The second-order valence-corrected chi connectivity index (χ2v) is 13.5. The van der Waals surface area contributed by atoms with E-state index in [-0.39, 0.29) is 59.1 Å². The van der Waals surface area contributed by atoms with E-state index in [0.717, 1.165) is 27.0 Å². The summed E-state index contributed by atoms with van der Waals surface area (Å²) in [4.78, 5) is 22.4. The van der Waals surface area contributed by atoms with Crippen molar-refractivity contribution in [1.82, 2.24) is 0 Å². The van der Waals surface area contributed by atoms with Crippen molar-refractivity contribution in [3.8, 4) is 34.1 Å². The maximum Gasteiger partial charge on any atom is 0.573 e. The molecule has 3 N–H and O–H groups in total. The third-order valence-electron chi connectivity index (χ3n) is 7.85. The number of aromatic carboxylic acids is 1. The van der Waals surface area contributed by atoms with Gasteiger partial charge in [0.2, 0.25) is 0 Å². The summed E-state index contributed by atoms with van der Waals surface area (Å²) in [7, 11) is -0.620. The van der Waals surface area contributed by atoms with Crippen LogP contribution in [-0.4, -0.2) is 54.0 Å². The molecule has 0 spiro atoms. The number of rotatable bonds is 12. The molecule has 6 aromatic rings. The Labute approximate surface area is 388 Å². The van der Waals surface area contributed by atoms with E-state index in [1.807, 2.05) is 36.4 Å². The molecule has 65 heavy (non-hydrogen) atoms. The second-order valence-electron chi connectivity index (χ2n) is 12.3. The third-order valence-corrected chi connectivity index (χ3v) is 8.57. The van der Waals surface area contributed by atoms with E-state index in [1.165, 1.54) is 49.6 Å². The first kappa shape index (κ1) is 58.8. The highest BCUT2D eigenvalue weighted by Crippen LogP contribution is 2.34. The molecule has 6 aromatic carbocycles. The first-order chi connectivity index (χ1) is 28.9. The molecule has 0 heterocycles. The minimum atomic E-state index is -4.84. The number of para-hydroxylation sites is 2. The standard InChI is InChI=1S/C21H15F3O4.C15H13IO3.C7H6BF3O3.4CH4/c22-21(23,24)28-19-7-2-1-6-18(19)15-8-10-17(11-9-15)27-13-14-4-3-5-16(12-14)20(25)26;1-18-15(17)12-4-2-3-11(9-12)10-19-14-7-5-13(16)6-8-14;9-7(10,11)14-6-4-2-1-3-5(6)8(12)13;;;;/h1-12H,13H2,(H,25,26);2-9H,10H2,1H3;1-4,12-13H;4*1H4. The van der Waals surface area contributed by atoms with E-state index in [0.29, 0.717) is 34.6 Å². The molecular weight excluding hydrogens is 976 g/mol. The van der Waals surface area contributed by atoms with Crippen LogP contribution in [-0.2, 0) is 18.0 Å². The Hall–Kier alpha value is -6.25. The molecule has 0 fully saturated rings. The average molecular weight is 1030 g/mol. The molecule has 6 rings (SSSR count). The van der Waals surface area contributed by atoms with Gasteiger partial charge in [-0.15, -0.1) is 26.3 Å². The molecule has 0 aliphatic carbocycles. The number of esters is 1. The summed E-state index contributed by atoms with van der Waals surface area (Å²) in [6, 6.07) is 38.6. The first-order valence-electron chi connectivity index (χ1n) is 17.6. The molecule has 0 bridgehead atoms. The van der Waals surface area contributed by atoms with Crippen molar-refractivity contribution in [2.45, 2.75) is 55.6 Å². The lowest BCUT2D eigenvalue weighted by Gasteiger charge is -2.13. The fourth-order valence-corrected chi connectivity index (χ4v) is 5.48. The zero-order valence-corrected chi connectivity index (χ0v) is 33.9. The molecule has 0 unspecified atom stereocenters. The van der Waals surface area contributed by atoms with Crippen LogP contribution in [0.2, 0.25) is 0 Å². The van der Waals surface area contributed by atoms with Gasteiger partial charge in [0.05, 0.1) is 18.2 Å². The number of carboxylic acid groups (broad SMARTS) is 1. The van der Waals surface area contributed by atoms with Crippen LogP contribution in [0.4, 0.5) is 26.3 Å². The van der Waals surface area contributed by atoms with Gasteiger partial charge in [-0.25, -0.2) is 9.59 Å². The van der Waals surface area contributed by atoms with Crippen molar-refractivity contribution >= 4 is 47.1 Å². The Morgan fingerprint density at radius 3 is 1.52 bits per heavy atom. The monoisotopic (exact) mass is 1030 g/mol. The van der Waals surface area contributed by atoms with E-state index in [1.54, 1.807) is 54.6 Å². The zero-order chi connectivity index (χ0) is 44.6. The van der Waals surface area contributed by atoms with E-state index in [9.17, 15) is 35.9 Å². The van der Waals surface area contributed by atoms with Crippen LogP contribution in [0.1, 0.15) is 61.5 Å². The van der Waals surface area contributed by atoms with Crippen molar-refractivity contribution in [3.63, 3.8) is 0 Å². The average Bonchev–Trinajstić information content (AvgIpc) is 3.22. The predicted molar refractivity (Wildman–Crippen MR) is 247 cm³/mol. The number of ether oxygens (including phenoxy) is 5. The Morgan fingerprint density at radius 1 is 0.585 bits per heavy atom. The van der Waals surface area contributed by atoms with Gasteiger partial charge in [-0.1, -0.05) is 103 Å². The molecule has 0 aromatic heterocycles. The number of carbonyl (C=O) groups excluding carboxylic acids is 1. The first-order valence-corrected chi connectivity index (χ1v) is 18.7. The maximum absolute atomic E-state index is 12.6. The van der Waals surface area contributed by atoms with Gasteiger partial charge in [-0.3, -0.25) is 0 Å². The summed E-state index contributed by atoms with van der Waals surface area (Å²) < 4.78 is 97.9. The van der Waals surface area contributed by atoms with Crippen LogP contribution >= 0.6 is 22.6 Å². The Kier molecular flexibility index (Phi) is 25.2. The smallest absolute Gasteiger partial charge is 0.489 e. The van der Waals surface area contributed by atoms with Gasteiger partial charge in [-0.2, -0.15) is 0 Å². The minimum Gasteiger partial charge on any atom is -0.489 e. The number of hydrogen-bond donors (Lipinski definition) is 3. The molecule has 0 saturated heterocycles. The molecule has 0 aliphatic heterocycles. The molecule has 0 aliphatic rings. The molecular formula is C47H50BF6IO10. The maximum atomic E-state index is 12.6. The Morgan fingerprint density at radius 2 is 1.03 bits per heavy atom. The molecule has 0 amide bonds. The highest BCUT2D eigenvalue weighted by Gasteiger charge is 2.33. The molecule has 0 saturated carbocycles. The summed E-state index contributed by atoms with van der Waals surface area (Å²) >= 11 is 2.25. The summed E-state index contributed by atoms with van der Waals surface area (Å²) in [6.07, 6.45) is -9.62. The van der Waals surface area contributed by atoms with Crippen molar-refractivity contribution < 1.29 is 74.8 Å². The minimum absolute atomic E-state index is 0. The number of carbonyl (C=O) groups is 2.